The van der Waals surface area contributed by atoms with Crippen molar-refractivity contribution < 1.29 is 14.0 Å². The van der Waals surface area contributed by atoms with E-state index in [1.54, 1.807) is 24.3 Å². The Morgan fingerprint density at radius 1 is 1.07 bits per heavy atom. The van der Waals surface area contributed by atoms with Gasteiger partial charge in [0.2, 0.25) is 5.91 Å². The molecule has 1 aliphatic carbocycles. The average molecular weight is 390 g/mol. The fourth-order valence-corrected chi connectivity index (χ4v) is 3.28. The van der Waals surface area contributed by atoms with E-state index in [1.165, 1.54) is 18.2 Å². The van der Waals surface area contributed by atoms with Crippen molar-refractivity contribution in [3.05, 3.63) is 58.9 Å². The highest BCUT2D eigenvalue weighted by atomic mass is 35.5. The molecule has 0 heterocycles. The fourth-order valence-electron chi connectivity index (χ4n) is 3.13. The third kappa shape index (κ3) is 5.20. The molecule has 0 aromatic heterocycles. The Hall–Kier alpha value is -2.60. The zero-order valence-corrected chi connectivity index (χ0v) is 15.5. The number of hydrogen-bond acceptors (Lipinski definition) is 3. The lowest BCUT2D eigenvalue weighted by atomic mass is 10.1. The second-order valence-electron chi connectivity index (χ2n) is 6.53. The predicted molar refractivity (Wildman–Crippen MR) is 105 cm³/mol. The number of anilines is 2. The van der Waals surface area contributed by atoms with Crippen molar-refractivity contribution in [2.45, 2.75) is 31.7 Å². The Balaban J connectivity index is 1.61. The lowest BCUT2D eigenvalue weighted by molar-refractivity contribution is -0.114. The average Bonchev–Trinajstić information content (AvgIpc) is 3.14. The van der Waals surface area contributed by atoms with Gasteiger partial charge in [0.05, 0.1) is 23.5 Å². The summed E-state index contributed by atoms with van der Waals surface area (Å²) in [6.45, 7) is -0.142. The number of benzene rings is 2. The molecule has 1 saturated carbocycles. The van der Waals surface area contributed by atoms with Crippen molar-refractivity contribution in [3.63, 3.8) is 0 Å². The van der Waals surface area contributed by atoms with Crippen LogP contribution in [0.5, 0.6) is 0 Å². The highest BCUT2D eigenvalue weighted by molar-refractivity contribution is 6.30. The minimum atomic E-state index is -0.536. The van der Waals surface area contributed by atoms with Crippen LogP contribution in [0, 0.1) is 5.82 Å². The van der Waals surface area contributed by atoms with Gasteiger partial charge in [-0.25, -0.2) is 4.39 Å². The summed E-state index contributed by atoms with van der Waals surface area (Å²) >= 11 is 5.71. The summed E-state index contributed by atoms with van der Waals surface area (Å²) in [7, 11) is 0. The molecular weight excluding hydrogens is 369 g/mol. The van der Waals surface area contributed by atoms with Crippen LogP contribution in [-0.4, -0.2) is 24.4 Å². The van der Waals surface area contributed by atoms with Gasteiger partial charge in [0.15, 0.2) is 0 Å². The molecule has 0 saturated heterocycles. The molecule has 0 unspecified atom stereocenters. The predicted octanol–water partition coefficient (Wildman–Crippen LogP) is 4.20. The van der Waals surface area contributed by atoms with Crippen LogP contribution in [0.1, 0.15) is 36.0 Å². The first-order valence-electron chi connectivity index (χ1n) is 8.91. The molecule has 142 valence electrons. The van der Waals surface area contributed by atoms with Gasteiger partial charge < -0.3 is 16.0 Å². The summed E-state index contributed by atoms with van der Waals surface area (Å²) in [5, 5.41) is 8.72. The largest absolute Gasteiger partial charge is 0.374 e. The van der Waals surface area contributed by atoms with Gasteiger partial charge in [-0.15, -0.1) is 0 Å². The summed E-state index contributed by atoms with van der Waals surface area (Å²) in [6.07, 6.45) is 4.21. The van der Waals surface area contributed by atoms with Crippen LogP contribution in [0.3, 0.4) is 0 Å². The second-order valence-corrected chi connectivity index (χ2v) is 6.96. The molecule has 0 atom stereocenters. The van der Waals surface area contributed by atoms with E-state index in [0.29, 0.717) is 11.3 Å². The molecule has 2 amide bonds. The molecule has 7 heteroatoms. The van der Waals surface area contributed by atoms with Gasteiger partial charge in [0.25, 0.3) is 5.91 Å². The summed E-state index contributed by atoms with van der Waals surface area (Å²) in [5.74, 6) is -1.12. The standard InChI is InChI=1S/C20H21ClFN3O2/c21-13-9-10-18(16(22)11-13)23-12-19(26)25-17-8-4-3-7-15(17)20(27)24-14-5-1-2-6-14/h3-4,7-11,14,23H,1-2,5-6,12H2,(H,24,27)(H,25,26). The van der Waals surface area contributed by atoms with E-state index in [1.807, 2.05) is 0 Å². The monoisotopic (exact) mass is 389 g/mol. The Morgan fingerprint density at radius 2 is 1.81 bits per heavy atom. The topological polar surface area (TPSA) is 70.2 Å². The number of hydrogen-bond donors (Lipinski definition) is 3. The van der Waals surface area contributed by atoms with Crippen LogP contribution in [0.4, 0.5) is 15.8 Å². The van der Waals surface area contributed by atoms with E-state index in [9.17, 15) is 14.0 Å². The molecule has 0 bridgehead atoms. The zero-order valence-electron chi connectivity index (χ0n) is 14.7. The van der Waals surface area contributed by atoms with Crippen molar-refractivity contribution in [1.29, 1.82) is 0 Å². The minimum absolute atomic E-state index is 0.142. The third-order valence-electron chi connectivity index (χ3n) is 4.51. The number of carbonyl (C=O) groups is 2. The summed E-state index contributed by atoms with van der Waals surface area (Å²) in [6, 6.07) is 11.2. The maximum atomic E-state index is 13.8. The third-order valence-corrected chi connectivity index (χ3v) is 4.74. The number of rotatable bonds is 6. The molecule has 1 fully saturated rings. The number of amides is 2. The van der Waals surface area contributed by atoms with Crippen LogP contribution in [-0.2, 0) is 4.79 Å². The first-order chi connectivity index (χ1) is 13.0. The van der Waals surface area contributed by atoms with Crippen LogP contribution in [0.2, 0.25) is 5.02 Å². The van der Waals surface area contributed by atoms with E-state index in [2.05, 4.69) is 16.0 Å². The molecule has 2 aromatic carbocycles. The van der Waals surface area contributed by atoms with Crippen molar-refractivity contribution in [3.8, 4) is 0 Å². The van der Waals surface area contributed by atoms with Crippen molar-refractivity contribution in [2.24, 2.45) is 0 Å². The summed E-state index contributed by atoms with van der Waals surface area (Å²) in [5.41, 5.74) is 1.02. The van der Waals surface area contributed by atoms with Gasteiger partial charge >= 0.3 is 0 Å². The summed E-state index contributed by atoms with van der Waals surface area (Å²) in [4.78, 5) is 24.7. The lowest BCUT2D eigenvalue weighted by Gasteiger charge is -2.15. The van der Waals surface area contributed by atoms with Crippen LogP contribution in [0.25, 0.3) is 0 Å². The van der Waals surface area contributed by atoms with Crippen molar-refractivity contribution in [1.82, 2.24) is 5.32 Å². The van der Waals surface area contributed by atoms with Gasteiger partial charge in [0.1, 0.15) is 5.82 Å². The lowest BCUT2D eigenvalue weighted by Crippen LogP contribution is -2.33. The van der Waals surface area contributed by atoms with Gasteiger partial charge in [0, 0.05) is 11.1 Å². The maximum absolute atomic E-state index is 13.8. The van der Waals surface area contributed by atoms with Crippen LogP contribution < -0.4 is 16.0 Å². The van der Waals surface area contributed by atoms with E-state index in [-0.39, 0.29) is 35.1 Å². The van der Waals surface area contributed by atoms with E-state index < -0.39 is 5.82 Å². The van der Waals surface area contributed by atoms with Crippen molar-refractivity contribution >= 4 is 34.8 Å². The number of para-hydroxylation sites is 1. The number of nitrogens with one attached hydrogen (secondary N) is 3. The van der Waals surface area contributed by atoms with Crippen LogP contribution in [0.15, 0.2) is 42.5 Å². The van der Waals surface area contributed by atoms with Gasteiger partial charge in [-0.2, -0.15) is 0 Å². The molecule has 27 heavy (non-hydrogen) atoms. The highest BCUT2D eigenvalue weighted by Crippen LogP contribution is 2.21. The quantitative estimate of drug-likeness (QED) is 0.693. The molecule has 0 aliphatic heterocycles. The van der Waals surface area contributed by atoms with Gasteiger partial charge in [-0.1, -0.05) is 36.6 Å². The number of halogens is 2. The van der Waals surface area contributed by atoms with Crippen LogP contribution >= 0.6 is 11.6 Å². The molecule has 0 radical (unpaired) electrons. The normalized spacial score (nSPS) is 14.0. The zero-order chi connectivity index (χ0) is 19.2. The molecule has 3 N–H and O–H groups in total. The molecule has 2 aromatic rings. The molecule has 0 spiro atoms. The SMILES string of the molecule is O=C(CNc1ccc(Cl)cc1F)Nc1ccccc1C(=O)NC1CCCC1. The molecule has 5 nitrogen and oxygen atoms in total. The van der Waals surface area contributed by atoms with Gasteiger partial charge in [-0.05, 0) is 43.2 Å². The van der Waals surface area contributed by atoms with E-state index in [0.717, 1.165) is 25.7 Å². The summed E-state index contributed by atoms with van der Waals surface area (Å²) < 4.78 is 13.8. The van der Waals surface area contributed by atoms with Gasteiger partial charge in [-0.3, -0.25) is 9.59 Å². The Labute approximate surface area is 162 Å². The first-order valence-corrected chi connectivity index (χ1v) is 9.29. The van der Waals surface area contributed by atoms with Crippen molar-refractivity contribution in [2.75, 3.05) is 17.2 Å². The minimum Gasteiger partial charge on any atom is -0.374 e. The Kier molecular flexibility index (Phi) is 6.29. The molecular formula is C20H21ClFN3O2. The Bertz CT molecular complexity index is 838. The smallest absolute Gasteiger partial charge is 0.253 e. The Morgan fingerprint density at radius 3 is 2.56 bits per heavy atom. The van der Waals surface area contributed by atoms with E-state index >= 15 is 0 Å². The maximum Gasteiger partial charge on any atom is 0.253 e. The second kappa shape index (κ2) is 8.86. The van der Waals surface area contributed by atoms with E-state index in [4.69, 9.17) is 11.6 Å². The fraction of sp³-hybridized carbons (Fsp3) is 0.300. The number of carbonyl (C=O) groups excluding carboxylic acids is 2. The molecule has 1 aliphatic rings. The first kappa shape index (κ1) is 19.2. The highest BCUT2D eigenvalue weighted by Gasteiger charge is 2.20. The molecule has 3 rings (SSSR count).